The van der Waals surface area contributed by atoms with Crippen LogP contribution in [0.2, 0.25) is 0 Å². The van der Waals surface area contributed by atoms with Crippen molar-refractivity contribution in [2.24, 2.45) is 0 Å². The van der Waals surface area contributed by atoms with Crippen LogP contribution in [-0.4, -0.2) is 18.4 Å². The Labute approximate surface area is 141 Å². The molecule has 1 aromatic carbocycles. The number of unbranched alkanes of at least 4 members (excludes halogenated alkanes) is 1. The summed E-state index contributed by atoms with van der Waals surface area (Å²) < 4.78 is 5.24. The number of furan rings is 1. The Morgan fingerprint density at radius 2 is 1.92 bits per heavy atom. The maximum absolute atomic E-state index is 12.4. The molecule has 0 saturated heterocycles. The summed E-state index contributed by atoms with van der Waals surface area (Å²) in [6, 6.07) is 10.6. The Morgan fingerprint density at radius 3 is 2.54 bits per heavy atom. The average Bonchev–Trinajstić information content (AvgIpc) is 3.08. The van der Waals surface area contributed by atoms with Crippen molar-refractivity contribution in [3.05, 3.63) is 65.2 Å². The fraction of sp³-hybridized carbons (Fsp3) is 0.263. The lowest BCUT2D eigenvalue weighted by atomic mass is 10.1. The molecule has 0 aliphatic heterocycles. The summed E-state index contributed by atoms with van der Waals surface area (Å²) >= 11 is 0. The number of hydrogen-bond donors (Lipinski definition) is 2. The standard InChI is InChI=1S/C19H22N2O3/c1-3-4-11-20-19(23)17(13-16-6-5-12-24-16)21-18(22)15-9-7-14(2)8-10-15/h5-10,12-13H,3-4,11H2,1-2H3,(H,20,23)(H,21,22)/b17-13+. The maximum Gasteiger partial charge on any atom is 0.267 e. The van der Waals surface area contributed by atoms with Crippen LogP contribution in [0.25, 0.3) is 6.08 Å². The van der Waals surface area contributed by atoms with Crippen LogP contribution < -0.4 is 10.6 Å². The highest BCUT2D eigenvalue weighted by atomic mass is 16.3. The number of rotatable bonds is 7. The van der Waals surface area contributed by atoms with Crippen molar-refractivity contribution >= 4 is 17.9 Å². The Balaban J connectivity index is 2.14. The van der Waals surface area contributed by atoms with Crippen LogP contribution in [0.4, 0.5) is 0 Å². The summed E-state index contributed by atoms with van der Waals surface area (Å²) in [4.78, 5) is 24.7. The second-order valence-electron chi connectivity index (χ2n) is 5.50. The van der Waals surface area contributed by atoms with E-state index in [9.17, 15) is 9.59 Å². The lowest BCUT2D eigenvalue weighted by Crippen LogP contribution is -2.35. The summed E-state index contributed by atoms with van der Waals surface area (Å²) in [6.07, 6.45) is 4.90. The van der Waals surface area contributed by atoms with Crippen LogP contribution in [-0.2, 0) is 4.79 Å². The molecule has 2 aromatic rings. The molecule has 24 heavy (non-hydrogen) atoms. The second-order valence-corrected chi connectivity index (χ2v) is 5.50. The molecule has 0 saturated carbocycles. The third kappa shape index (κ3) is 5.12. The van der Waals surface area contributed by atoms with Crippen LogP contribution in [0, 0.1) is 6.92 Å². The first-order valence-electron chi connectivity index (χ1n) is 8.01. The molecule has 5 nitrogen and oxygen atoms in total. The van der Waals surface area contributed by atoms with Gasteiger partial charge in [0.15, 0.2) is 0 Å². The van der Waals surface area contributed by atoms with Gasteiger partial charge in [-0.3, -0.25) is 9.59 Å². The molecule has 0 fully saturated rings. The summed E-state index contributed by atoms with van der Waals surface area (Å²) in [6.45, 7) is 4.56. The molecule has 2 rings (SSSR count). The quantitative estimate of drug-likeness (QED) is 0.606. The largest absolute Gasteiger partial charge is 0.465 e. The zero-order valence-corrected chi connectivity index (χ0v) is 14.0. The number of hydrogen-bond acceptors (Lipinski definition) is 3. The van der Waals surface area contributed by atoms with E-state index in [1.807, 2.05) is 26.0 Å². The zero-order chi connectivity index (χ0) is 17.4. The number of carbonyl (C=O) groups is 2. The summed E-state index contributed by atoms with van der Waals surface area (Å²) in [5.74, 6) is -0.168. The van der Waals surface area contributed by atoms with E-state index in [2.05, 4.69) is 10.6 Å². The van der Waals surface area contributed by atoms with E-state index in [4.69, 9.17) is 4.42 Å². The molecule has 2 N–H and O–H groups in total. The van der Waals surface area contributed by atoms with E-state index in [0.717, 1.165) is 18.4 Å². The molecule has 0 spiro atoms. The van der Waals surface area contributed by atoms with Gasteiger partial charge in [-0.05, 0) is 37.6 Å². The molecule has 1 heterocycles. The molecule has 0 radical (unpaired) electrons. The van der Waals surface area contributed by atoms with Crippen molar-refractivity contribution in [3.63, 3.8) is 0 Å². The molecular formula is C19H22N2O3. The van der Waals surface area contributed by atoms with E-state index in [-0.39, 0.29) is 17.5 Å². The molecule has 0 aliphatic carbocycles. The first-order chi connectivity index (χ1) is 11.6. The van der Waals surface area contributed by atoms with Crippen LogP contribution in [0.1, 0.15) is 41.4 Å². The molecule has 126 valence electrons. The van der Waals surface area contributed by atoms with Gasteiger partial charge in [0.1, 0.15) is 11.5 Å². The zero-order valence-electron chi connectivity index (χ0n) is 14.0. The van der Waals surface area contributed by atoms with Crippen molar-refractivity contribution in [1.29, 1.82) is 0 Å². The monoisotopic (exact) mass is 326 g/mol. The Kier molecular flexibility index (Phi) is 6.37. The predicted octanol–water partition coefficient (Wildman–Crippen LogP) is 3.28. The van der Waals surface area contributed by atoms with Crippen molar-refractivity contribution in [2.45, 2.75) is 26.7 Å². The van der Waals surface area contributed by atoms with Gasteiger partial charge in [0.2, 0.25) is 0 Å². The predicted molar refractivity (Wildman–Crippen MR) is 93.2 cm³/mol. The number of amides is 2. The van der Waals surface area contributed by atoms with E-state index in [0.29, 0.717) is 17.9 Å². The van der Waals surface area contributed by atoms with E-state index in [1.165, 1.54) is 12.3 Å². The number of benzene rings is 1. The van der Waals surface area contributed by atoms with Crippen molar-refractivity contribution < 1.29 is 14.0 Å². The maximum atomic E-state index is 12.4. The molecule has 0 aliphatic rings. The minimum atomic E-state index is -0.335. The fourth-order valence-corrected chi connectivity index (χ4v) is 2.05. The third-order valence-corrected chi connectivity index (χ3v) is 3.45. The van der Waals surface area contributed by atoms with Crippen molar-refractivity contribution in [3.8, 4) is 0 Å². The average molecular weight is 326 g/mol. The van der Waals surface area contributed by atoms with Gasteiger partial charge in [-0.25, -0.2) is 0 Å². The number of aryl methyl sites for hydroxylation is 1. The molecule has 1 aromatic heterocycles. The summed E-state index contributed by atoms with van der Waals surface area (Å²) in [5, 5.41) is 5.47. The molecule has 2 amide bonds. The van der Waals surface area contributed by atoms with Gasteiger partial charge in [0.25, 0.3) is 11.8 Å². The first kappa shape index (κ1) is 17.5. The van der Waals surface area contributed by atoms with Crippen LogP contribution in [0.3, 0.4) is 0 Å². The minimum absolute atomic E-state index is 0.159. The second kappa shape index (κ2) is 8.72. The number of nitrogens with one attached hydrogen (secondary N) is 2. The van der Waals surface area contributed by atoms with Gasteiger partial charge in [0, 0.05) is 18.2 Å². The highest BCUT2D eigenvalue weighted by Crippen LogP contribution is 2.08. The van der Waals surface area contributed by atoms with Gasteiger partial charge >= 0.3 is 0 Å². The van der Waals surface area contributed by atoms with E-state index in [1.54, 1.807) is 24.3 Å². The van der Waals surface area contributed by atoms with Gasteiger partial charge < -0.3 is 15.1 Å². The normalized spacial score (nSPS) is 11.2. The lowest BCUT2D eigenvalue weighted by Gasteiger charge is -2.10. The highest BCUT2D eigenvalue weighted by molar-refractivity contribution is 6.05. The Bertz CT molecular complexity index is 701. The Hall–Kier alpha value is -2.82. The van der Waals surface area contributed by atoms with Gasteiger partial charge in [0.05, 0.1) is 6.26 Å². The summed E-state index contributed by atoms with van der Waals surface area (Å²) in [5.41, 5.74) is 1.72. The smallest absolute Gasteiger partial charge is 0.267 e. The fourth-order valence-electron chi connectivity index (χ4n) is 2.05. The summed E-state index contributed by atoms with van der Waals surface area (Å²) in [7, 11) is 0. The van der Waals surface area contributed by atoms with E-state index < -0.39 is 0 Å². The lowest BCUT2D eigenvalue weighted by molar-refractivity contribution is -0.117. The molecule has 5 heteroatoms. The first-order valence-corrected chi connectivity index (χ1v) is 8.01. The minimum Gasteiger partial charge on any atom is -0.465 e. The van der Waals surface area contributed by atoms with Crippen molar-refractivity contribution in [2.75, 3.05) is 6.54 Å². The van der Waals surface area contributed by atoms with Crippen molar-refractivity contribution in [1.82, 2.24) is 10.6 Å². The molecular weight excluding hydrogens is 304 g/mol. The van der Waals surface area contributed by atoms with E-state index >= 15 is 0 Å². The topological polar surface area (TPSA) is 71.3 Å². The SMILES string of the molecule is CCCCNC(=O)/C(=C\c1ccco1)NC(=O)c1ccc(C)cc1. The Morgan fingerprint density at radius 1 is 1.17 bits per heavy atom. The van der Waals surface area contributed by atoms with Gasteiger partial charge in [-0.15, -0.1) is 0 Å². The third-order valence-electron chi connectivity index (χ3n) is 3.45. The van der Waals surface area contributed by atoms with Gasteiger partial charge in [-0.1, -0.05) is 31.0 Å². The van der Waals surface area contributed by atoms with Crippen LogP contribution in [0.15, 0.2) is 52.8 Å². The van der Waals surface area contributed by atoms with Crippen LogP contribution >= 0.6 is 0 Å². The number of carbonyl (C=O) groups excluding carboxylic acids is 2. The molecule has 0 unspecified atom stereocenters. The highest BCUT2D eigenvalue weighted by Gasteiger charge is 2.14. The van der Waals surface area contributed by atoms with Crippen LogP contribution in [0.5, 0.6) is 0 Å². The van der Waals surface area contributed by atoms with Gasteiger partial charge in [-0.2, -0.15) is 0 Å². The molecule has 0 bridgehead atoms. The molecule has 0 atom stereocenters.